The third kappa shape index (κ3) is 2.57. The van der Waals surface area contributed by atoms with Crippen LogP contribution in [-0.4, -0.2) is 26.1 Å². The zero-order valence-corrected chi connectivity index (χ0v) is 13.3. The highest BCUT2D eigenvalue weighted by atomic mass is 79.9. The number of nitrogens with one attached hydrogen (secondary N) is 1. The normalized spacial score (nSPS) is 14.6. The SMILES string of the molecule is CCCNc1nc(-c2nccn2C)nc(C2CC2)c1Br. The van der Waals surface area contributed by atoms with Gasteiger partial charge in [0.15, 0.2) is 11.6 Å². The Labute approximate surface area is 127 Å². The number of halogens is 1. The molecule has 6 heteroatoms. The summed E-state index contributed by atoms with van der Waals surface area (Å²) >= 11 is 3.65. The van der Waals surface area contributed by atoms with Crippen molar-refractivity contribution in [1.29, 1.82) is 0 Å². The Morgan fingerprint density at radius 1 is 1.40 bits per heavy atom. The van der Waals surface area contributed by atoms with Gasteiger partial charge in [-0.2, -0.15) is 0 Å². The fourth-order valence-electron chi connectivity index (χ4n) is 2.13. The monoisotopic (exact) mass is 335 g/mol. The molecule has 1 saturated carbocycles. The van der Waals surface area contributed by atoms with Crippen molar-refractivity contribution in [1.82, 2.24) is 19.5 Å². The topological polar surface area (TPSA) is 55.6 Å². The first kappa shape index (κ1) is 13.5. The quantitative estimate of drug-likeness (QED) is 0.910. The lowest BCUT2D eigenvalue weighted by molar-refractivity contribution is 0.886. The predicted molar refractivity (Wildman–Crippen MR) is 82.7 cm³/mol. The van der Waals surface area contributed by atoms with Crippen LogP contribution in [0.15, 0.2) is 16.9 Å². The number of nitrogens with zero attached hydrogens (tertiary/aromatic N) is 4. The summed E-state index contributed by atoms with van der Waals surface area (Å²) in [6, 6.07) is 0. The van der Waals surface area contributed by atoms with Crippen LogP contribution in [-0.2, 0) is 7.05 Å². The highest BCUT2D eigenvalue weighted by Gasteiger charge is 2.30. The maximum absolute atomic E-state index is 4.73. The Kier molecular flexibility index (Phi) is 3.74. The van der Waals surface area contributed by atoms with E-state index in [0.717, 1.165) is 34.8 Å². The molecule has 1 fully saturated rings. The predicted octanol–water partition coefficient (Wildman–Crippen LogP) is 3.34. The molecule has 0 radical (unpaired) electrons. The molecule has 0 spiro atoms. The maximum atomic E-state index is 4.73. The fourth-order valence-corrected chi connectivity index (χ4v) is 2.77. The number of aromatic nitrogens is 4. The van der Waals surface area contributed by atoms with Gasteiger partial charge in [0.2, 0.25) is 0 Å². The summed E-state index contributed by atoms with van der Waals surface area (Å²) < 4.78 is 2.95. The molecular formula is C14H18BrN5. The van der Waals surface area contributed by atoms with Crippen molar-refractivity contribution in [2.24, 2.45) is 7.05 Å². The lowest BCUT2D eigenvalue weighted by Crippen LogP contribution is -2.08. The van der Waals surface area contributed by atoms with Crippen molar-refractivity contribution < 1.29 is 0 Å². The lowest BCUT2D eigenvalue weighted by Gasteiger charge is -2.12. The van der Waals surface area contributed by atoms with Gasteiger partial charge in [0.25, 0.3) is 0 Å². The first-order valence-electron chi connectivity index (χ1n) is 6.99. The summed E-state index contributed by atoms with van der Waals surface area (Å²) in [4.78, 5) is 13.7. The number of hydrogen-bond acceptors (Lipinski definition) is 4. The van der Waals surface area contributed by atoms with E-state index in [9.17, 15) is 0 Å². The van der Waals surface area contributed by atoms with Gasteiger partial charge in [0.1, 0.15) is 5.82 Å². The van der Waals surface area contributed by atoms with E-state index < -0.39 is 0 Å². The molecule has 0 aromatic carbocycles. The third-order valence-corrected chi connectivity index (χ3v) is 4.19. The number of anilines is 1. The molecule has 3 rings (SSSR count). The second-order valence-electron chi connectivity index (χ2n) is 5.16. The zero-order chi connectivity index (χ0) is 14.1. The van der Waals surface area contributed by atoms with Crippen LogP contribution in [0.2, 0.25) is 0 Å². The van der Waals surface area contributed by atoms with Crippen molar-refractivity contribution in [3.63, 3.8) is 0 Å². The highest BCUT2D eigenvalue weighted by Crippen LogP contribution is 2.44. The standard InChI is InChI=1S/C14H18BrN5/c1-3-6-16-12-10(15)11(9-4-5-9)18-13(19-12)14-17-7-8-20(14)2/h7-9H,3-6H2,1-2H3,(H,16,18,19). The molecule has 5 nitrogen and oxygen atoms in total. The fraction of sp³-hybridized carbons (Fsp3) is 0.500. The lowest BCUT2D eigenvalue weighted by atomic mass is 10.2. The first-order chi connectivity index (χ1) is 9.70. The van der Waals surface area contributed by atoms with Gasteiger partial charge >= 0.3 is 0 Å². The molecule has 2 aromatic heterocycles. The molecule has 1 N–H and O–H groups in total. The molecule has 0 bridgehead atoms. The summed E-state index contributed by atoms with van der Waals surface area (Å²) in [6.45, 7) is 3.04. The third-order valence-electron chi connectivity index (χ3n) is 3.40. The van der Waals surface area contributed by atoms with E-state index >= 15 is 0 Å². The van der Waals surface area contributed by atoms with Gasteiger partial charge in [0.05, 0.1) is 10.2 Å². The molecule has 0 atom stereocenters. The minimum Gasteiger partial charge on any atom is -0.369 e. The van der Waals surface area contributed by atoms with Crippen LogP contribution in [0.3, 0.4) is 0 Å². The molecule has 0 aliphatic heterocycles. The van der Waals surface area contributed by atoms with Gasteiger partial charge in [-0.25, -0.2) is 15.0 Å². The molecule has 20 heavy (non-hydrogen) atoms. The van der Waals surface area contributed by atoms with E-state index in [2.05, 4.69) is 38.1 Å². The van der Waals surface area contributed by atoms with Crippen molar-refractivity contribution >= 4 is 21.7 Å². The van der Waals surface area contributed by atoms with E-state index in [1.165, 1.54) is 12.8 Å². The van der Waals surface area contributed by atoms with Gasteiger partial charge < -0.3 is 9.88 Å². The van der Waals surface area contributed by atoms with Gasteiger partial charge in [-0.05, 0) is 35.2 Å². The second-order valence-corrected chi connectivity index (χ2v) is 5.95. The van der Waals surface area contributed by atoms with E-state index in [4.69, 9.17) is 4.98 Å². The molecular weight excluding hydrogens is 318 g/mol. The highest BCUT2D eigenvalue weighted by molar-refractivity contribution is 9.10. The number of hydrogen-bond donors (Lipinski definition) is 1. The van der Waals surface area contributed by atoms with Crippen LogP contribution in [0.4, 0.5) is 5.82 Å². The van der Waals surface area contributed by atoms with Crippen molar-refractivity contribution in [3.8, 4) is 11.6 Å². The van der Waals surface area contributed by atoms with Crippen LogP contribution in [0, 0.1) is 0 Å². The first-order valence-corrected chi connectivity index (χ1v) is 7.79. The number of rotatable bonds is 5. The van der Waals surface area contributed by atoms with Crippen LogP contribution in [0.5, 0.6) is 0 Å². The second kappa shape index (κ2) is 5.52. The average molecular weight is 336 g/mol. The molecule has 106 valence electrons. The number of imidazole rings is 1. The largest absolute Gasteiger partial charge is 0.369 e. The Balaban J connectivity index is 2.06. The van der Waals surface area contributed by atoms with Gasteiger partial charge in [0, 0.05) is 31.9 Å². The van der Waals surface area contributed by atoms with Crippen LogP contribution >= 0.6 is 15.9 Å². The molecule has 0 saturated heterocycles. The molecule has 0 amide bonds. The van der Waals surface area contributed by atoms with E-state index in [1.54, 1.807) is 6.20 Å². The molecule has 1 aliphatic carbocycles. The molecule has 2 heterocycles. The summed E-state index contributed by atoms with van der Waals surface area (Å²) in [7, 11) is 1.96. The van der Waals surface area contributed by atoms with Gasteiger partial charge in [-0.1, -0.05) is 6.92 Å². The smallest absolute Gasteiger partial charge is 0.198 e. The summed E-state index contributed by atoms with van der Waals surface area (Å²) in [5, 5.41) is 3.37. The van der Waals surface area contributed by atoms with E-state index in [1.807, 2.05) is 17.8 Å². The van der Waals surface area contributed by atoms with Crippen molar-refractivity contribution in [2.75, 3.05) is 11.9 Å². The summed E-state index contributed by atoms with van der Waals surface area (Å²) in [5.74, 6) is 2.94. The number of aryl methyl sites for hydroxylation is 1. The van der Waals surface area contributed by atoms with Crippen LogP contribution in [0.1, 0.15) is 37.8 Å². The molecule has 2 aromatic rings. The van der Waals surface area contributed by atoms with Crippen LogP contribution in [0.25, 0.3) is 11.6 Å². The summed E-state index contributed by atoms with van der Waals surface area (Å²) in [5.41, 5.74) is 1.11. The van der Waals surface area contributed by atoms with Crippen molar-refractivity contribution in [2.45, 2.75) is 32.1 Å². The average Bonchev–Trinajstić information content (AvgIpc) is 3.20. The Morgan fingerprint density at radius 2 is 2.20 bits per heavy atom. The maximum Gasteiger partial charge on any atom is 0.198 e. The van der Waals surface area contributed by atoms with Gasteiger partial charge in [-0.15, -0.1) is 0 Å². The Hall–Kier alpha value is -1.43. The van der Waals surface area contributed by atoms with E-state index in [-0.39, 0.29) is 0 Å². The minimum atomic E-state index is 0.563. The van der Waals surface area contributed by atoms with E-state index in [0.29, 0.717) is 11.7 Å². The Bertz CT molecular complexity index is 618. The Morgan fingerprint density at radius 3 is 2.80 bits per heavy atom. The summed E-state index contributed by atoms with van der Waals surface area (Å²) in [6.07, 6.45) is 7.17. The van der Waals surface area contributed by atoms with Crippen molar-refractivity contribution in [3.05, 3.63) is 22.6 Å². The minimum absolute atomic E-state index is 0.563. The van der Waals surface area contributed by atoms with Crippen LogP contribution < -0.4 is 5.32 Å². The molecule has 0 unspecified atom stereocenters. The zero-order valence-electron chi connectivity index (χ0n) is 11.7. The molecule has 1 aliphatic rings. The van der Waals surface area contributed by atoms with Gasteiger partial charge in [-0.3, -0.25) is 0 Å².